The van der Waals surface area contributed by atoms with Crippen molar-refractivity contribution in [1.82, 2.24) is 10.2 Å². The van der Waals surface area contributed by atoms with Gasteiger partial charge in [-0.2, -0.15) is 0 Å². The standard InChI is InChI=1S/C36H40Cl2N2O2/c1-22-16-32(37)35(33(38)17-22)42-15-5-7-25-9-11-26(12-10-25)30-18-28-19-39-20-31(28)34(30)36(41)40(29-13-14-29)21-27-8-4-6-23(2)24(27)3/h4,6,8-12,16-17,28-29,31,39H,5,7,13-15,18-21H2,1-3H3/t28-,31+/m0/s1. The lowest BCUT2D eigenvalue weighted by Gasteiger charge is -2.27. The van der Waals surface area contributed by atoms with Crippen LogP contribution in [0.3, 0.4) is 0 Å². The first-order valence-corrected chi connectivity index (χ1v) is 16.0. The highest BCUT2D eigenvalue weighted by molar-refractivity contribution is 6.37. The van der Waals surface area contributed by atoms with Crippen molar-refractivity contribution in [3.05, 3.63) is 104 Å². The lowest BCUT2D eigenvalue weighted by atomic mass is 9.93. The summed E-state index contributed by atoms with van der Waals surface area (Å²) in [5.74, 6) is 1.60. The molecule has 1 heterocycles. The number of rotatable bonds is 10. The Kier molecular flexibility index (Phi) is 8.68. The van der Waals surface area contributed by atoms with Crippen LogP contribution in [0.25, 0.3) is 5.57 Å². The van der Waals surface area contributed by atoms with E-state index in [4.69, 9.17) is 27.9 Å². The summed E-state index contributed by atoms with van der Waals surface area (Å²) < 4.78 is 5.92. The van der Waals surface area contributed by atoms with Crippen LogP contribution in [0.5, 0.6) is 5.75 Å². The molecule has 0 aromatic heterocycles. The summed E-state index contributed by atoms with van der Waals surface area (Å²) in [5.41, 5.74) is 9.60. The van der Waals surface area contributed by atoms with Crippen LogP contribution in [-0.4, -0.2) is 36.5 Å². The molecule has 0 bridgehead atoms. The first-order valence-electron chi connectivity index (χ1n) is 15.3. The molecule has 2 fully saturated rings. The minimum absolute atomic E-state index is 0.249. The van der Waals surface area contributed by atoms with Gasteiger partial charge in [-0.3, -0.25) is 4.79 Å². The highest BCUT2D eigenvalue weighted by Crippen LogP contribution is 2.46. The fourth-order valence-corrected chi connectivity index (χ4v) is 7.37. The van der Waals surface area contributed by atoms with Gasteiger partial charge < -0.3 is 15.0 Å². The normalized spacial score (nSPS) is 19.7. The Labute approximate surface area is 260 Å². The van der Waals surface area contributed by atoms with Gasteiger partial charge in [0.05, 0.1) is 16.7 Å². The zero-order valence-electron chi connectivity index (χ0n) is 24.8. The van der Waals surface area contributed by atoms with E-state index in [9.17, 15) is 4.79 Å². The van der Waals surface area contributed by atoms with Crippen LogP contribution in [0.15, 0.2) is 60.2 Å². The number of hydrogen-bond acceptors (Lipinski definition) is 3. The summed E-state index contributed by atoms with van der Waals surface area (Å²) in [7, 11) is 0. The highest BCUT2D eigenvalue weighted by atomic mass is 35.5. The number of fused-ring (bicyclic) bond motifs is 1. The van der Waals surface area contributed by atoms with E-state index in [2.05, 4.69) is 66.5 Å². The molecule has 220 valence electrons. The van der Waals surface area contributed by atoms with Crippen molar-refractivity contribution in [2.75, 3.05) is 19.7 Å². The Bertz CT molecular complexity index is 1490. The van der Waals surface area contributed by atoms with Gasteiger partial charge in [0, 0.05) is 30.6 Å². The molecule has 0 radical (unpaired) electrons. The van der Waals surface area contributed by atoms with Gasteiger partial charge in [0.1, 0.15) is 0 Å². The van der Waals surface area contributed by atoms with Crippen molar-refractivity contribution in [3.8, 4) is 5.75 Å². The van der Waals surface area contributed by atoms with E-state index in [1.165, 1.54) is 33.4 Å². The summed E-state index contributed by atoms with van der Waals surface area (Å²) in [5, 5.41) is 4.66. The van der Waals surface area contributed by atoms with Crippen molar-refractivity contribution < 1.29 is 9.53 Å². The number of amides is 1. The molecular formula is C36H40Cl2N2O2. The minimum atomic E-state index is 0.249. The van der Waals surface area contributed by atoms with E-state index in [1.807, 2.05) is 19.1 Å². The first-order chi connectivity index (χ1) is 20.3. The molecule has 1 aliphatic heterocycles. The van der Waals surface area contributed by atoms with E-state index in [0.29, 0.717) is 46.8 Å². The number of nitrogens with one attached hydrogen (secondary N) is 1. The number of halogens is 2. The van der Waals surface area contributed by atoms with Gasteiger partial charge in [-0.1, -0.05) is 65.7 Å². The van der Waals surface area contributed by atoms with Crippen molar-refractivity contribution in [2.45, 2.75) is 65.5 Å². The molecule has 3 aromatic carbocycles. The maximum Gasteiger partial charge on any atom is 0.250 e. The number of nitrogens with zero attached hydrogens (tertiary/aromatic N) is 1. The molecule has 1 saturated carbocycles. The number of carbonyl (C=O) groups is 1. The van der Waals surface area contributed by atoms with Gasteiger partial charge in [0.15, 0.2) is 5.75 Å². The predicted molar refractivity (Wildman–Crippen MR) is 172 cm³/mol. The van der Waals surface area contributed by atoms with Gasteiger partial charge in [-0.25, -0.2) is 0 Å². The van der Waals surface area contributed by atoms with E-state index < -0.39 is 0 Å². The smallest absolute Gasteiger partial charge is 0.250 e. The van der Waals surface area contributed by atoms with Crippen molar-refractivity contribution in [1.29, 1.82) is 0 Å². The van der Waals surface area contributed by atoms with E-state index in [1.54, 1.807) is 0 Å². The molecule has 0 spiro atoms. The molecule has 1 saturated heterocycles. The largest absolute Gasteiger partial charge is 0.490 e. The molecule has 6 heteroatoms. The van der Waals surface area contributed by atoms with Crippen LogP contribution in [-0.2, 0) is 17.8 Å². The maximum absolute atomic E-state index is 14.4. The predicted octanol–water partition coefficient (Wildman–Crippen LogP) is 8.11. The average Bonchev–Trinajstić information content (AvgIpc) is 3.59. The van der Waals surface area contributed by atoms with Gasteiger partial charge in [-0.15, -0.1) is 0 Å². The number of benzene rings is 3. The van der Waals surface area contributed by atoms with Crippen molar-refractivity contribution in [2.24, 2.45) is 11.8 Å². The fraction of sp³-hybridized carbons (Fsp3) is 0.417. The van der Waals surface area contributed by atoms with Gasteiger partial charge in [-0.05, 0) is 116 Å². The zero-order valence-corrected chi connectivity index (χ0v) is 26.3. The molecule has 2 aliphatic carbocycles. The molecular weight excluding hydrogens is 563 g/mol. The number of ether oxygens (including phenoxy) is 1. The SMILES string of the molecule is Cc1cc(Cl)c(OCCCc2ccc(C3=C(C(=O)N(Cc4cccc(C)c4C)C4CC4)[C@@H]4CNC[C@@H]4C3)cc2)c(Cl)c1. The molecule has 42 heavy (non-hydrogen) atoms. The van der Waals surface area contributed by atoms with Gasteiger partial charge in [0.2, 0.25) is 0 Å². The number of hydrogen-bond donors (Lipinski definition) is 1. The topological polar surface area (TPSA) is 41.6 Å². The van der Waals surface area contributed by atoms with Gasteiger partial charge in [0.25, 0.3) is 5.91 Å². The average molecular weight is 604 g/mol. The second kappa shape index (κ2) is 12.4. The second-order valence-corrected chi connectivity index (χ2v) is 13.2. The summed E-state index contributed by atoms with van der Waals surface area (Å²) in [6.07, 6.45) is 4.92. The molecule has 1 amide bonds. The zero-order chi connectivity index (χ0) is 29.4. The Balaban J connectivity index is 1.17. The third-order valence-electron chi connectivity index (χ3n) is 9.34. The first kappa shape index (κ1) is 29.3. The molecule has 3 aliphatic rings. The Morgan fingerprint density at radius 3 is 2.45 bits per heavy atom. The van der Waals surface area contributed by atoms with Crippen LogP contribution in [0.2, 0.25) is 10.0 Å². The molecule has 1 N–H and O–H groups in total. The molecule has 4 nitrogen and oxygen atoms in total. The third-order valence-corrected chi connectivity index (χ3v) is 9.90. The Hall–Kier alpha value is -2.79. The maximum atomic E-state index is 14.4. The van der Waals surface area contributed by atoms with Crippen LogP contribution < -0.4 is 10.1 Å². The van der Waals surface area contributed by atoms with Gasteiger partial charge >= 0.3 is 0 Å². The van der Waals surface area contributed by atoms with E-state index in [-0.39, 0.29) is 5.91 Å². The quantitative estimate of drug-likeness (QED) is 0.238. The van der Waals surface area contributed by atoms with E-state index in [0.717, 1.165) is 56.3 Å². The third kappa shape index (κ3) is 6.13. The lowest BCUT2D eigenvalue weighted by Crippen LogP contribution is -2.36. The molecule has 0 unspecified atom stereocenters. The van der Waals surface area contributed by atoms with Crippen LogP contribution in [0, 0.1) is 32.6 Å². The van der Waals surface area contributed by atoms with Crippen LogP contribution >= 0.6 is 23.2 Å². The van der Waals surface area contributed by atoms with Crippen molar-refractivity contribution >= 4 is 34.7 Å². The molecule has 6 rings (SSSR count). The fourth-order valence-electron chi connectivity index (χ4n) is 6.66. The Morgan fingerprint density at radius 1 is 1.00 bits per heavy atom. The summed E-state index contributed by atoms with van der Waals surface area (Å²) in [6, 6.07) is 19.4. The number of aryl methyl sites for hydroxylation is 3. The summed E-state index contributed by atoms with van der Waals surface area (Å²) >= 11 is 12.7. The lowest BCUT2D eigenvalue weighted by molar-refractivity contribution is -0.128. The molecule has 3 aromatic rings. The molecule has 2 atom stereocenters. The number of carbonyl (C=O) groups excluding carboxylic acids is 1. The van der Waals surface area contributed by atoms with Crippen molar-refractivity contribution in [3.63, 3.8) is 0 Å². The highest BCUT2D eigenvalue weighted by Gasteiger charge is 2.44. The minimum Gasteiger partial charge on any atom is -0.490 e. The van der Waals surface area contributed by atoms with Crippen LogP contribution in [0.4, 0.5) is 0 Å². The van der Waals surface area contributed by atoms with Crippen LogP contribution in [0.1, 0.15) is 59.1 Å². The number of allylic oxidation sites excluding steroid dienone is 1. The summed E-state index contributed by atoms with van der Waals surface area (Å²) in [4.78, 5) is 16.6. The Morgan fingerprint density at radius 2 is 1.74 bits per heavy atom. The monoisotopic (exact) mass is 602 g/mol. The summed E-state index contributed by atoms with van der Waals surface area (Å²) in [6.45, 7) is 9.41. The second-order valence-electron chi connectivity index (χ2n) is 12.4. The van der Waals surface area contributed by atoms with E-state index >= 15 is 0 Å².